The van der Waals surface area contributed by atoms with Gasteiger partial charge in [0.2, 0.25) is 5.95 Å². The van der Waals surface area contributed by atoms with Gasteiger partial charge in [-0.25, -0.2) is 14.8 Å². The van der Waals surface area contributed by atoms with E-state index in [1.165, 1.54) is 18.2 Å². The van der Waals surface area contributed by atoms with Crippen LogP contribution < -0.4 is 0 Å². The van der Waals surface area contributed by atoms with Gasteiger partial charge < -0.3 is 5.11 Å². The standard InChI is InChI=1S/C19H14Cl2FN3O2/c1-19(2,14-5-3-4-12(23-14)18(26)27)15-9-10(20)8-13(24-15)11-6-7-16(22)25-17(11)21/h3-9H,1-2H3,(H,26,27). The summed E-state index contributed by atoms with van der Waals surface area (Å²) in [6.45, 7) is 3.71. The molecule has 0 aliphatic rings. The molecule has 0 aromatic carbocycles. The van der Waals surface area contributed by atoms with Crippen LogP contribution in [0, 0.1) is 5.95 Å². The van der Waals surface area contributed by atoms with Crippen molar-refractivity contribution >= 4 is 29.2 Å². The van der Waals surface area contributed by atoms with Gasteiger partial charge in [-0.15, -0.1) is 0 Å². The summed E-state index contributed by atoms with van der Waals surface area (Å²) in [6, 6.07) is 10.7. The van der Waals surface area contributed by atoms with E-state index in [-0.39, 0.29) is 10.8 Å². The van der Waals surface area contributed by atoms with Gasteiger partial charge in [-0.1, -0.05) is 29.3 Å². The van der Waals surface area contributed by atoms with Crippen LogP contribution in [0.1, 0.15) is 35.7 Å². The molecule has 0 amide bonds. The molecule has 3 heterocycles. The summed E-state index contributed by atoms with van der Waals surface area (Å²) in [4.78, 5) is 23.6. The van der Waals surface area contributed by atoms with Crippen LogP contribution in [0.15, 0.2) is 42.5 Å². The van der Waals surface area contributed by atoms with Crippen molar-refractivity contribution in [3.05, 3.63) is 75.7 Å². The highest BCUT2D eigenvalue weighted by molar-refractivity contribution is 6.32. The van der Waals surface area contributed by atoms with Gasteiger partial charge in [0.25, 0.3) is 0 Å². The lowest BCUT2D eigenvalue weighted by Crippen LogP contribution is -2.23. The van der Waals surface area contributed by atoms with Gasteiger partial charge in [0.1, 0.15) is 10.8 Å². The predicted molar refractivity (Wildman–Crippen MR) is 101 cm³/mol. The molecule has 8 heteroatoms. The van der Waals surface area contributed by atoms with Crippen LogP contribution in [0.5, 0.6) is 0 Å². The normalized spacial score (nSPS) is 11.4. The van der Waals surface area contributed by atoms with Gasteiger partial charge in [-0.05, 0) is 50.2 Å². The molecule has 0 radical (unpaired) electrons. The van der Waals surface area contributed by atoms with Crippen LogP contribution in [0.2, 0.25) is 10.2 Å². The molecule has 138 valence electrons. The second-order valence-corrected chi connectivity index (χ2v) is 7.16. The van der Waals surface area contributed by atoms with Crippen molar-refractivity contribution in [2.75, 3.05) is 0 Å². The second kappa shape index (κ2) is 7.21. The van der Waals surface area contributed by atoms with E-state index >= 15 is 0 Å². The fraction of sp³-hybridized carbons (Fsp3) is 0.158. The van der Waals surface area contributed by atoms with Crippen LogP contribution in [-0.2, 0) is 5.41 Å². The Morgan fingerprint density at radius 3 is 2.44 bits per heavy atom. The van der Waals surface area contributed by atoms with E-state index in [9.17, 15) is 14.3 Å². The first kappa shape index (κ1) is 19.2. The zero-order chi connectivity index (χ0) is 19.8. The Bertz CT molecular complexity index is 1040. The van der Waals surface area contributed by atoms with Crippen molar-refractivity contribution in [2.24, 2.45) is 0 Å². The minimum atomic E-state index is -1.11. The molecule has 0 fully saturated rings. The fourth-order valence-electron chi connectivity index (χ4n) is 2.59. The maximum Gasteiger partial charge on any atom is 0.354 e. The highest BCUT2D eigenvalue weighted by atomic mass is 35.5. The average Bonchev–Trinajstić information content (AvgIpc) is 2.61. The van der Waals surface area contributed by atoms with Crippen LogP contribution in [-0.4, -0.2) is 26.0 Å². The number of carboxylic acids is 1. The lowest BCUT2D eigenvalue weighted by Gasteiger charge is -2.24. The van der Waals surface area contributed by atoms with E-state index in [4.69, 9.17) is 23.2 Å². The maximum atomic E-state index is 13.2. The van der Waals surface area contributed by atoms with Gasteiger partial charge in [0.05, 0.1) is 17.1 Å². The van der Waals surface area contributed by atoms with E-state index in [1.807, 2.05) is 13.8 Å². The van der Waals surface area contributed by atoms with Crippen LogP contribution in [0.25, 0.3) is 11.3 Å². The monoisotopic (exact) mass is 405 g/mol. The Labute approximate surface area is 164 Å². The Morgan fingerprint density at radius 2 is 1.78 bits per heavy atom. The quantitative estimate of drug-likeness (QED) is 0.617. The molecule has 0 saturated carbocycles. The lowest BCUT2D eigenvalue weighted by atomic mass is 9.84. The summed E-state index contributed by atoms with van der Waals surface area (Å²) in [7, 11) is 0. The van der Waals surface area contributed by atoms with Crippen LogP contribution in [0.4, 0.5) is 4.39 Å². The van der Waals surface area contributed by atoms with Gasteiger partial charge in [-0.2, -0.15) is 4.39 Å². The Balaban J connectivity index is 2.12. The molecule has 0 unspecified atom stereocenters. The summed E-state index contributed by atoms with van der Waals surface area (Å²) in [5.74, 6) is -1.81. The molecule has 0 bridgehead atoms. The number of hydrogen-bond acceptors (Lipinski definition) is 4. The predicted octanol–water partition coefficient (Wildman–Crippen LogP) is 5.01. The van der Waals surface area contributed by atoms with E-state index in [2.05, 4.69) is 15.0 Å². The molecule has 3 aromatic rings. The third-order valence-electron chi connectivity index (χ3n) is 4.13. The summed E-state index contributed by atoms with van der Waals surface area (Å²) in [5, 5.41) is 9.56. The molecular weight excluding hydrogens is 392 g/mol. The smallest absolute Gasteiger partial charge is 0.354 e. The van der Waals surface area contributed by atoms with Gasteiger partial charge >= 0.3 is 5.97 Å². The van der Waals surface area contributed by atoms with Gasteiger partial charge in [0, 0.05) is 16.0 Å². The van der Waals surface area contributed by atoms with Crippen molar-refractivity contribution in [1.82, 2.24) is 15.0 Å². The molecule has 3 aromatic heterocycles. The number of aromatic nitrogens is 3. The first-order valence-electron chi connectivity index (χ1n) is 7.90. The highest BCUT2D eigenvalue weighted by Gasteiger charge is 2.28. The summed E-state index contributed by atoms with van der Waals surface area (Å²) >= 11 is 12.3. The fourth-order valence-corrected chi connectivity index (χ4v) is 3.04. The molecule has 5 nitrogen and oxygen atoms in total. The minimum Gasteiger partial charge on any atom is -0.477 e. The Hall–Kier alpha value is -2.57. The SMILES string of the molecule is CC(C)(c1cccc(C(=O)O)n1)c1cc(Cl)cc(-c2ccc(F)nc2Cl)n1. The number of pyridine rings is 3. The number of carboxylic acid groups (broad SMARTS) is 1. The zero-order valence-corrected chi connectivity index (χ0v) is 15.9. The number of rotatable bonds is 4. The molecule has 0 aliphatic heterocycles. The number of nitrogens with zero attached hydrogens (tertiary/aromatic N) is 3. The number of hydrogen-bond donors (Lipinski definition) is 1. The number of halogens is 3. The summed E-state index contributed by atoms with van der Waals surface area (Å²) in [6.07, 6.45) is 0. The topological polar surface area (TPSA) is 76.0 Å². The van der Waals surface area contributed by atoms with E-state index in [0.29, 0.717) is 27.7 Å². The van der Waals surface area contributed by atoms with Crippen molar-refractivity contribution in [2.45, 2.75) is 19.3 Å². The molecule has 27 heavy (non-hydrogen) atoms. The van der Waals surface area contributed by atoms with Crippen LogP contribution in [0.3, 0.4) is 0 Å². The van der Waals surface area contributed by atoms with Crippen LogP contribution >= 0.6 is 23.2 Å². The number of carbonyl (C=O) groups is 1. The Kier molecular flexibility index (Phi) is 5.13. The molecule has 1 N–H and O–H groups in total. The molecule has 0 atom stereocenters. The van der Waals surface area contributed by atoms with E-state index in [1.54, 1.807) is 24.3 Å². The van der Waals surface area contributed by atoms with E-state index in [0.717, 1.165) is 0 Å². The molecule has 0 aliphatic carbocycles. The largest absolute Gasteiger partial charge is 0.477 e. The van der Waals surface area contributed by atoms with Gasteiger partial charge in [0.15, 0.2) is 0 Å². The number of aromatic carboxylic acids is 1. The highest BCUT2D eigenvalue weighted by Crippen LogP contribution is 2.34. The summed E-state index contributed by atoms with van der Waals surface area (Å²) < 4.78 is 13.2. The zero-order valence-electron chi connectivity index (χ0n) is 14.4. The average molecular weight is 406 g/mol. The minimum absolute atomic E-state index is 0.0282. The maximum absolute atomic E-state index is 13.2. The Morgan fingerprint density at radius 1 is 1.04 bits per heavy atom. The third-order valence-corrected chi connectivity index (χ3v) is 4.64. The second-order valence-electron chi connectivity index (χ2n) is 6.37. The van der Waals surface area contributed by atoms with E-state index < -0.39 is 17.3 Å². The summed E-state index contributed by atoms with van der Waals surface area (Å²) in [5.41, 5.74) is 1.13. The lowest BCUT2D eigenvalue weighted by molar-refractivity contribution is 0.0690. The molecule has 0 spiro atoms. The molecular formula is C19H14Cl2FN3O2. The van der Waals surface area contributed by atoms with Crippen molar-refractivity contribution in [3.63, 3.8) is 0 Å². The van der Waals surface area contributed by atoms with Crippen molar-refractivity contribution in [3.8, 4) is 11.3 Å². The third kappa shape index (κ3) is 3.91. The van der Waals surface area contributed by atoms with Gasteiger partial charge in [-0.3, -0.25) is 4.98 Å². The molecule has 0 saturated heterocycles. The van der Waals surface area contributed by atoms with Crippen molar-refractivity contribution in [1.29, 1.82) is 0 Å². The first-order valence-corrected chi connectivity index (χ1v) is 8.65. The first-order chi connectivity index (χ1) is 12.7. The molecule has 3 rings (SSSR count). The van der Waals surface area contributed by atoms with Crippen molar-refractivity contribution < 1.29 is 14.3 Å².